The number of nitrogens with zero attached hydrogens (tertiary/aromatic N) is 1. The van der Waals surface area contributed by atoms with Gasteiger partial charge < -0.3 is 10.2 Å². The quantitative estimate of drug-likeness (QED) is 0.904. The van der Waals surface area contributed by atoms with Gasteiger partial charge in [-0.05, 0) is 57.9 Å². The van der Waals surface area contributed by atoms with E-state index in [2.05, 4.69) is 58.2 Å². The van der Waals surface area contributed by atoms with E-state index in [4.69, 9.17) is 0 Å². The van der Waals surface area contributed by atoms with E-state index in [1.54, 1.807) is 0 Å². The molecule has 1 aliphatic rings. The number of nitrogens with one attached hydrogen (secondary N) is 1. The normalized spacial score (nSPS) is 22.0. The Labute approximate surface area is 119 Å². The molecule has 1 fully saturated rings. The minimum absolute atomic E-state index is 0.382. The van der Waals surface area contributed by atoms with Crippen LogP contribution in [0.3, 0.4) is 0 Å². The predicted octanol–water partition coefficient (Wildman–Crippen LogP) is 4.11. The van der Waals surface area contributed by atoms with Crippen molar-refractivity contribution in [1.82, 2.24) is 5.32 Å². The monoisotopic (exact) mass is 310 g/mol. The first-order chi connectivity index (χ1) is 8.63. The van der Waals surface area contributed by atoms with Crippen molar-refractivity contribution in [3.8, 4) is 0 Å². The Kier molecular flexibility index (Phi) is 4.68. The summed E-state index contributed by atoms with van der Waals surface area (Å²) in [4.78, 5) is 2.53. The topological polar surface area (TPSA) is 15.3 Å². The van der Waals surface area contributed by atoms with E-state index in [0.29, 0.717) is 12.1 Å². The van der Waals surface area contributed by atoms with E-state index >= 15 is 0 Å². The number of hydrogen-bond donors (Lipinski definition) is 1. The van der Waals surface area contributed by atoms with Gasteiger partial charge in [0.1, 0.15) is 0 Å². The molecule has 0 aliphatic carbocycles. The fraction of sp³-hybridized carbons (Fsp3) is 0.600. The van der Waals surface area contributed by atoms with Gasteiger partial charge in [0.05, 0.1) is 0 Å². The molecule has 0 bridgehead atoms. The molecule has 1 aromatic carbocycles. The summed E-state index contributed by atoms with van der Waals surface area (Å²) < 4.78 is 1.21. The first kappa shape index (κ1) is 13.9. The zero-order valence-corrected chi connectivity index (χ0v) is 13.1. The fourth-order valence-electron chi connectivity index (χ4n) is 2.68. The third-order valence-electron chi connectivity index (χ3n) is 4.02. The molecule has 0 amide bonds. The maximum Gasteiger partial charge on any atom is 0.0380 e. The summed E-state index contributed by atoms with van der Waals surface area (Å²) in [6.07, 6.45) is 4.00. The lowest BCUT2D eigenvalue weighted by Crippen LogP contribution is -2.37. The van der Waals surface area contributed by atoms with Gasteiger partial charge in [0.25, 0.3) is 0 Å². The van der Waals surface area contributed by atoms with E-state index < -0.39 is 0 Å². The van der Waals surface area contributed by atoms with Crippen molar-refractivity contribution in [3.63, 3.8) is 0 Å². The molecule has 1 aromatic rings. The second kappa shape index (κ2) is 6.07. The van der Waals surface area contributed by atoms with Gasteiger partial charge >= 0.3 is 0 Å². The number of rotatable bonds is 3. The fourth-order valence-corrected chi connectivity index (χ4v) is 3.39. The van der Waals surface area contributed by atoms with Crippen LogP contribution < -0.4 is 10.2 Å². The van der Waals surface area contributed by atoms with Crippen LogP contribution in [0.5, 0.6) is 0 Å². The first-order valence-electron chi connectivity index (χ1n) is 6.87. The molecule has 2 atom stereocenters. The minimum Gasteiger partial charge on any atom is -0.369 e. The SMILES string of the molecule is CNC(C)c1ccc(N2CCCCC2C)cc1Br. The van der Waals surface area contributed by atoms with Gasteiger partial charge in [0.2, 0.25) is 0 Å². The molecule has 0 aromatic heterocycles. The molecule has 0 radical (unpaired) electrons. The van der Waals surface area contributed by atoms with Crippen LogP contribution in [0.25, 0.3) is 0 Å². The molecule has 1 saturated heterocycles. The summed E-state index contributed by atoms with van der Waals surface area (Å²) in [5, 5.41) is 3.29. The van der Waals surface area contributed by atoms with E-state index in [9.17, 15) is 0 Å². The van der Waals surface area contributed by atoms with Crippen LogP contribution >= 0.6 is 15.9 Å². The van der Waals surface area contributed by atoms with Gasteiger partial charge in [-0.3, -0.25) is 0 Å². The standard InChI is InChI=1S/C15H23BrN2/c1-11-6-4-5-9-18(11)13-7-8-14(12(2)17-3)15(16)10-13/h7-8,10-12,17H,4-6,9H2,1-3H3. The van der Waals surface area contributed by atoms with Crippen LogP contribution in [0.15, 0.2) is 22.7 Å². The summed E-state index contributed by atoms with van der Waals surface area (Å²) >= 11 is 3.71. The molecule has 2 unspecified atom stereocenters. The Morgan fingerprint density at radius 1 is 1.39 bits per heavy atom. The lowest BCUT2D eigenvalue weighted by molar-refractivity contribution is 0.484. The average Bonchev–Trinajstić information content (AvgIpc) is 2.38. The van der Waals surface area contributed by atoms with Gasteiger partial charge in [-0.1, -0.05) is 22.0 Å². The van der Waals surface area contributed by atoms with Crippen LogP contribution in [0.1, 0.15) is 44.7 Å². The third kappa shape index (κ3) is 2.89. The number of piperidine rings is 1. The molecule has 2 rings (SSSR count). The molecule has 1 heterocycles. The van der Waals surface area contributed by atoms with E-state index in [0.717, 1.165) is 0 Å². The van der Waals surface area contributed by atoms with Gasteiger partial charge in [0.15, 0.2) is 0 Å². The van der Waals surface area contributed by atoms with Gasteiger partial charge in [-0.15, -0.1) is 0 Å². The van der Waals surface area contributed by atoms with E-state index in [1.807, 2.05) is 7.05 Å². The van der Waals surface area contributed by atoms with Crippen LogP contribution in [0.4, 0.5) is 5.69 Å². The van der Waals surface area contributed by atoms with Crippen LogP contribution in [0.2, 0.25) is 0 Å². The average molecular weight is 311 g/mol. The summed E-state index contributed by atoms with van der Waals surface area (Å²) in [6.45, 7) is 5.70. The Morgan fingerprint density at radius 3 is 2.78 bits per heavy atom. The molecule has 18 heavy (non-hydrogen) atoms. The number of benzene rings is 1. The largest absolute Gasteiger partial charge is 0.369 e. The number of anilines is 1. The summed E-state index contributed by atoms with van der Waals surface area (Å²) in [6, 6.07) is 7.81. The highest BCUT2D eigenvalue weighted by atomic mass is 79.9. The van der Waals surface area contributed by atoms with Crippen LogP contribution in [-0.2, 0) is 0 Å². The molecule has 1 N–H and O–H groups in total. The molecule has 0 saturated carbocycles. The van der Waals surface area contributed by atoms with Gasteiger partial charge in [-0.25, -0.2) is 0 Å². The molecule has 1 aliphatic heterocycles. The van der Waals surface area contributed by atoms with Crippen molar-refractivity contribution in [2.45, 2.75) is 45.2 Å². The molecule has 0 spiro atoms. The summed E-state index contributed by atoms with van der Waals surface area (Å²) in [5.41, 5.74) is 2.67. The zero-order valence-electron chi connectivity index (χ0n) is 11.5. The Balaban J connectivity index is 2.22. The minimum atomic E-state index is 0.382. The van der Waals surface area contributed by atoms with Crippen molar-refractivity contribution < 1.29 is 0 Å². The number of hydrogen-bond acceptors (Lipinski definition) is 2. The molecule has 2 nitrogen and oxygen atoms in total. The molecular formula is C15H23BrN2. The highest BCUT2D eigenvalue weighted by molar-refractivity contribution is 9.10. The van der Waals surface area contributed by atoms with Crippen molar-refractivity contribution >= 4 is 21.6 Å². The van der Waals surface area contributed by atoms with E-state index in [-0.39, 0.29) is 0 Å². The second-order valence-electron chi connectivity index (χ2n) is 5.25. The Morgan fingerprint density at radius 2 is 2.17 bits per heavy atom. The van der Waals surface area contributed by atoms with Crippen molar-refractivity contribution in [1.29, 1.82) is 0 Å². The Bertz CT molecular complexity index is 405. The lowest BCUT2D eigenvalue weighted by atomic mass is 10.0. The molecular weight excluding hydrogens is 288 g/mol. The highest BCUT2D eigenvalue weighted by Crippen LogP contribution is 2.31. The van der Waals surface area contributed by atoms with Crippen LogP contribution in [-0.4, -0.2) is 19.6 Å². The van der Waals surface area contributed by atoms with E-state index in [1.165, 1.54) is 41.5 Å². The predicted molar refractivity (Wildman–Crippen MR) is 82.3 cm³/mol. The summed E-state index contributed by atoms with van der Waals surface area (Å²) in [5.74, 6) is 0. The second-order valence-corrected chi connectivity index (χ2v) is 6.11. The maximum absolute atomic E-state index is 3.71. The van der Waals surface area contributed by atoms with Gasteiger partial charge in [-0.2, -0.15) is 0 Å². The third-order valence-corrected chi connectivity index (χ3v) is 4.70. The summed E-state index contributed by atoms with van der Waals surface area (Å²) in [7, 11) is 2.00. The van der Waals surface area contributed by atoms with Crippen molar-refractivity contribution in [3.05, 3.63) is 28.2 Å². The smallest absolute Gasteiger partial charge is 0.0380 e. The van der Waals surface area contributed by atoms with Gasteiger partial charge in [0, 0.05) is 28.8 Å². The van der Waals surface area contributed by atoms with Crippen molar-refractivity contribution in [2.24, 2.45) is 0 Å². The first-order valence-corrected chi connectivity index (χ1v) is 7.66. The molecule has 3 heteroatoms. The maximum atomic E-state index is 3.71. The van der Waals surface area contributed by atoms with Crippen LogP contribution in [0, 0.1) is 0 Å². The highest BCUT2D eigenvalue weighted by Gasteiger charge is 2.19. The lowest BCUT2D eigenvalue weighted by Gasteiger charge is -2.35. The number of halogens is 1. The zero-order chi connectivity index (χ0) is 13.1. The Hall–Kier alpha value is -0.540. The molecule has 100 valence electrons. The van der Waals surface area contributed by atoms with Crippen molar-refractivity contribution in [2.75, 3.05) is 18.5 Å².